The molecule has 1 aliphatic rings. The van der Waals surface area contributed by atoms with E-state index in [-0.39, 0.29) is 5.56 Å². The summed E-state index contributed by atoms with van der Waals surface area (Å²) < 4.78 is 37.5. The van der Waals surface area contributed by atoms with Crippen molar-refractivity contribution in [3.05, 3.63) is 65.6 Å². The Kier molecular flexibility index (Phi) is 4.77. The van der Waals surface area contributed by atoms with Gasteiger partial charge in [-0.15, -0.1) is 0 Å². The SMILES string of the molecule is COc1ccc(-c2noc(C3CCCN3C(=O)c3cc(F)cc(F)c3)n2)cc1. The van der Waals surface area contributed by atoms with Crippen LogP contribution in [0.5, 0.6) is 5.75 Å². The fourth-order valence-corrected chi connectivity index (χ4v) is 3.34. The van der Waals surface area contributed by atoms with E-state index in [9.17, 15) is 13.6 Å². The lowest BCUT2D eigenvalue weighted by Crippen LogP contribution is -2.30. The van der Waals surface area contributed by atoms with Gasteiger partial charge in [0, 0.05) is 23.7 Å². The molecule has 8 heteroatoms. The Labute approximate surface area is 159 Å². The van der Waals surface area contributed by atoms with E-state index in [0.717, 1.165) is 30.2 Å². The van der Waals surface area contributed by atoms with E-state index < -0.39 is 23.6 Å². The van der Waals surface area contributed by atoms with E-state index in [1.54, 1.807) is 31.4 Å². The second kappa shape index (κ2) is 7.38. The second-order valence-electron chi connectivity index (χ2n) is 6.50. The maximum atomic E-state index is 13.5. The summed E-state index contributed by atoms with van der Waals surface area (Å²) in [5.74, 6) is -0.646. The predicted octanol–water partition coefficient (Wildman–Crippen LogP) is 4.00. The third kappa shape index (κ3) is 3.45. The first-order valence-electron chi connectivity index (χ1n) is 8.80. The normalized spacial score (nSPS) is 16.4. The minimum atomic E-state index is -0.793. The number of halogens is 2. The predicted molar refractivity (Wildman–Crippen MR) is 95.7 cm³/mol. The molecule has 2 heterocycles. The molecule has 6 nitrogen and oxygen atoms in total. The Morgan fingerprint density at radius 1 is 1.18 bits per heavy atom. The highest BCUT2D eigenvalue weighted by Gasteiger charge is 2.35. The van der Waals surface area contributed by atoms with Crippen molar-refractivity contribution in [3.63, 3.8) is 0 Å². The van der Waals surface area contributed by atoms with Gasteiger partial charge in [0.25, 0.3) is 5.91 Å². The van der Waals surface area contributed by atoms with Gasteiger partial charge < -0.3 is 14.2 Å². The molecule has 1 fully saturated rings. The Morgan fingerprint density at radius 3 is 2.57 bits per heavy atom. The third-order valence-corrected chi connectivity index (χ3v) is 4.70. The van der Waals surface area contributed by atoms with Crippen molar-refractivity contribution >= 4 is 5.91 Å². The van der Waals surface area contributed by atoms with E-state index in [1.807, 2.05) is 0 Å². The highest BCUT2D eigenvalue weighted by Crippen LogP contribution is 2.33. The molecular formula is C20H17F2N3O3. The van der Waals surface area contributed by atoms with Crippen molar-refractivity contribution in [3.8, 4) is 17.1 Å². The van der Waals surface area contributed by atoms with Crippen LogP contribution >= 0.6 is 0 Å². The van der Waals surface area contributed by atoms with Gasteiger partial charge in [-0.2, -0.15) is 4.98 Å². The molecule has 1 saturated heterocycles. The van der Waals surface area contributed by atoms with Crippen LogP contribution in [0.2, 0.25) is 0 Å². The molecule has 0 spiro atoms. The molecule has 1 amide bonds. The van der Waals surface area contributed by atoms with Gasteiger partial charge in [-0.05, 0) is 49.2 Å². The molecule has 0 radical (unpaired) electrons. The summed E-state index contributed by atoms with van der Waals surface area (Å²) in [5, 5.41) is 4.00. The standard InChI is InChI=1S/C20H17F2N3O3/c1-27-16-6-4-12(5-7-16)18-23-19(28-24-18)17-3-2-8-25(17)20(26)13-9-14(21)11-15(22)10-13/h4-7,9-11,17H,2-3,8H2,1H3. The van der Waals surface area contributed by atoms with Crippen LogP contribution < -0.4 is 4.74 Å². The van der Waals surface area contributed by atoms with E-state index in [1.165, 1.54) is 4.90 Å². The molecule has 28 heavy (non-hydrogen) atoms. The number of carbonyl (C=O) groups is 1. The number of hydrogen-bond acceptors (Lipinski definition) is 5. The fourth-order valence-electron chi connectivity index (χ4n) is 3.34. The fraction of sp³-hybridized carbons (Fsp3) is 0.250. The van der Waals surface area contributed by atoms with E-state index in [0.29, 0.717) is 30.4 Å². The molecule has 1 atom stereocenters. The molecule has 0 bridgehead atoms. The second-order valence-corrected chi connectivity index (χ2v) is 6.50. The van der Waals surface area contributed by atoms with Crippen LogP contribution in [0.4, 0.5) is 8.78 Å². The van der Waals surface area contributed by atoms with E-state index >= 15 is 0 Å². The summed E-state index contributed by atoms with van der Waals surface area (Å²) in [6.07, 6.45) is 1.36. The van der Waals surface area contributed by atoms with Crippen LogP contribution in [0.15, 0.2) is 47.0 Å². The minimum Gasteiger partial charge on any atom is -0.497 e. The Balaban J connectivity index is 1.58. The molecule has 0 N–H and O–H groups in total. The lowest BCUT2D eigenvalue weighted by atomic mass is 10.1. The monoisotopic (exact) mass is 385 g/mol. The highest BCUT2D eigenvalue weighted by molar-refractivity contribution is 5.94. The van der Waals surface area contributed by atoms with Crippen molar-refractivity contribution in [1.82, 2.24) is 15.0 Å². The number of aromatic nitrogens is 2. The molecule has 144 valence electrons. The molecule has 0 saturated carbocycles. The smallest absolute Gasteiger partial charge is 0.254 e. The number of nitrogens with zero attached hydrogens (tertiary/aromatic N) is 3. The first-order valence-corrected chi connectivity index (χ1v) is 8.80. The lowest BCUT2D eigenvalue weighted by Gasteiger charge is -2.22. The van der Waals surface area contributed by atoms with Gasteiger partial charge in [-0.25, -0.2) is 8.78 Å². The number of likely N-dealkylation sites (tertiary alicyclic amines) is 1. The molecule has 1 aliphatic heterocycles. The Morgan fingerprint density at radius 2 is 1.89 bits per heavy atom. The molecule has 3 aromatic rings. The van der Waals surface area contributed by atoms with Gasteiger partial charge >= 0.3 is 0 Å². The first kappa shape index (κ1) is 18.1. The zero-order valence-corrected chi connectivity index (χ0v) is 15.1. The van der Waals surface area contributed by atoms with Gasteiger partial charge in [-0.3, -0.25) is 4.79 Å². The molecule has 2 aromatic carbocycles. The topological polar surface area (TPSA) is 68.5 Å². The lowest BCUT2D eigenvalue weighted by molar-refractivity contribution is 0.0709. The summed E-state index contributed by atoms with van der Waals surface area (Å²) in [6.45, 7) is 0.446. The first-order chi connectivity index (χ1) is 13.5. The van der Waals surface area contributed by atoms with Gasteiger partial charge in [0.1, 0.15) is 23.4 Å². The summed E-state index contributed by atoms with van der Waals surface area (Å²) in [5.41, 5.74) is 0.707. The van der Waals surface area contributed by atoms with Crippen LogP contribution in [0.3, 0.4) is 0 Å². The van der Waals surface area contributed by atoms with E-state index in [4.69, 9.17) is 9.26 Å². The van der Waals surface area contributed by atoms with E-state index in [2.05, 4.69) is 10.1 Å². The zero-order chi connectivity index (χ0) is 19.7. The van der Waals surface area contributed by atoms with Crippen LogP contribution in [0, 0.1) is 11.6 Å². The molecule has 4 rings (SSSR count). The molecular weight excluding hydrogens is 368 g/mol. The van der Waals surface area contributed by atoms with Crippen LogP contribution in [0.25, 0.3) is 11.4 Å². The molecule has 0 aliphatic carbocycles. The number of methoxy groups -OCH3 is 1. The summed E-state index contributed by atoms with van der Waals surface area (Å²) in [7, 11) is 1.58. The van der Waals surface area contributed by atoms with Gasteiger partial charge in [-0.1, -0.05) is 5.16 Å². The number of ether oxygens (including phenoxy) is 1. The van der Waals surface area contributed by atoms with Gasteiger partial charge in [0.15, 0.2) is 0 Å². The average molecular weight is 385 g/mol. The minimum absolute atomic E-state index is 0.0423. The summed E-state index contributed by atoms with van der Waals surface area (Å²) in [6, 6.07) is 9.54. The van der Waals surface area contributed by atoms with Crippen LogP contribution in [-0.4, -0.2) is 34.6 Å². The molecule has 1 unspecified atom stereocenters. The van der Waals surface area contributed by atoms with Crippen LogP contribution in [0.1, 0.15) is 35.1 Å². The number of rotatable bonds is 4. The maximum absolute atomic E-state index is 13.5. The average Bonchev–Trinajstić information content (AvgIpc) is 3.36. The van der Waals surface area contributed by atoms with Crippen molar-refractivity contribution < 1.29 is 22.8 Å². The van der Waals surface area contributed by atoms with Gasteiger partial charge in [0.05, 0.1) is 7.11 Å². The van der Waals surface area contributed by atoms with Gasteiger partial charge in [0.2, 0.25) is 11.7 Å². The van der Waals surface area contributed by atoms with Crippen molar-refractivity contribution in [2.75, 3.05) is 13.7 Å². The molecule has 1 aromatic heterocycles. The van der Waals surface area contributed by atoms with Crippen LogP contribution in [-0.2, 0) is 0 Å². The quantitative estimate of drug-likeness (QED) is 0.679. The summed E-state index contributed by atoms with van der Waals surface area (Å²) >= 11 is 0. The van der Waals surface area contributed by atoms with Crippen molar-refractivity contribution in [1.29, 1.82) is 0 Å². The number of amides is 1. The van der Waals surface area contributed by atoms with Crippen molar-refractivity contribution in [2.45, 2.75) is 18.9 Å². The Hall–Kier alpha value is -3.29. The van der Waals surface area contributed by atoms with Crippen molar-refractivity contribution in [2.24, 2.45) is 0 Å². The highest BCUT2D eigenvalue weighted by atomic mass is 19.1. The number of carbonyl (C=O) groups excluding carboxylic acids is 1. The number of benzene rings is 2. The summed E-state index contributed by atoms with van der Waals surface area (Å²) in [4.78, 5) is 18.7. The number of hydrogen-bond donors (Lipinski definition) is 0. The Bertz CT molecular complexity index is 984. The third-order valence-electron chi connectivity index (χ3n) is 4.70. The zero-order valence-electron chi connectivity index (χ0n) is 15.1. The largest absolute Gasteiger partial charge is 0.497 e. The maximum Gasteiger partial charge on any atom is 0.254 e.